The number of nitrogens with zero attached hydrogens (tertiary/aromatic N) is 1. The highest BCUT2D eigenvalue weighted by atomic mass is 16.3. The molecule has 0 fully saturated rings. The molecule has 3 aromatic rings. The summed E-state index contributed by atoms with van der Waals surface area (Å²) in [6.45, 7) is 6.65. The summed E-state index contributed by atoms with van der Waals surface area (Å²) in [5.74, 6) is 1.73. The van der Waals surface area contributed by atoms with Gasteiger partial charge in [0, 0.05) is 23.5 Å². The summed E-state index contributed by atoms with van der Waals surface area (Å²) < 4.78 is 5.94. The maximum Gasteiger partial charge on any atom is 0.136 e. The lowest BCUT2D eigenvalue weighted by atomic mass is 9.86. The first-order chi connectivity index (χ1) is 10.0. The molecule has 0 aliphatic heterocycles. The van der Waals surface area contributed by atoms with Crippen LogP contribution < -0.4 is 0 Å². The fourth-order valence-electron chi connectivity index (χ4n) is 2.29. The van der Waals surface area contributed by atoms with Gasteiger partial charge in [-0.2, -0.15) is 0 Å². The molecule has 2 heterocycles. The van der Waals surface area contributed by atoms with E-state index in [1.807, 2.05) is 30.5 Å². The third kappa shape index (κ3) is 2.89. The number of hydrogen-bond acceptors (Lipinski definition) is 2. The molecule has 0 atom stereocenters. The minimum atomic E-state index is 0.169. The summed E-state index contributed by atoms with van der Waals surface area (Å²) in [6, 6.07) is 16.5. The summed E-state index contributed by atoms with van der Waals surface area (Å²) in [7, 11) is 0. The molecule has 21 heavy (non-hydrogen) atoms. The summed E-state index contributed by atoms with van der Waals surface area (Å²) in [6.07, 6.45) is 3.57. The summed E-state index contributed by atoms with van der Waals surface area (Å²) in [5, 5.41) is 0. The topological polar surface area (TPSA) is 26.0 Å². The van der Waals surface area contributed by atoms with E-state index in [4.69, 9.17) is 4.42 Å². The highest BCUT2D eigenvalue weighted by Gasteiger charge is 2.14. The molecule has 0 unspecified atom stereocenters. The molecule has 0 N–H and O–H groups in total. The molecular formula is C19H19NO. The normalized spacial score (nSPS) is 11.6. The molecular weight excluding hydrogens is 258 g/mol. The molecule has 3 rings (SSSR count). The molecule has 1 aromatic carbocycles. The van der Waals surface area contributed by atoms with Crippen molar-refractivity contribution in [2.24, 2.45) is 0 Å². The first kappa shape index (κ1) is 13.6. The summed E-state index contributed by atoms with van der Waals surface area (Å²) in [5.41, 5.74) is 3.58. The van der Waals surface area contributed by atoms with Gasteiger partial charge in [-0.25, -0.2) is 0 Å². The number of pyridine rings is 1. The highest BCUT2D eigenvalue weighted by molar-refractivity contribution is 5.64. The molecule has 0 radical (unpaired) electrons. The smallest absolute Gasteiger partial charge is 0.136 e. The van der Waals surface area contributed by atoms with E-state index in [1.54, 1.807) is 6.20 Å². The minimum absolute atomic E-state index is 0.169. The summed E-state index contributed by atoms with van der Waals surface area (Å²) in [4.78, 5) is 4.12. The number of furan rings is 1. The van der Waals surface area contributed by atoms with Crippen molar-refractivity contribution in [3.05, 3.63) is 66.5 Å². The minimum Gasteiger partial charge on any atom is -0.456 e. The van der Waals surface area contributed by atoms with Crippen LogP contribution in [0, 0.1) is 0 Å². The standard InChI is InChI=1S/C19H19NO/c1-19(2,3)16-8-6-14(7-9-16)17-10-11-18(21-17)15-5-4-12-20-13-15/h4-13H,1-3H3. The Balaban J connectivity index is 1.90. The molecule has 0 bridgehead atoms. The second-order valence-electron chi connectivity index (χ2n) is 6.23. The maximum absolute atomic E-state index is 5.94. The van der Waals surface area contributed by atoms with Crippen molar-refractivity contribution in [1.29, 1.82) is 0 Å². The van der Waals surface area contributed by atoms with Gasteiger partial charge in [-0.05, 0) is 35.2 Å². The van der Waals surface area contributed by atoms with Gasteiger partial charge in [0.15, 0.2) is 0 Å². The van der Waals surface area contributed by atoms with Crippen LogP contribution in [0.3, 0.4) is 0 Å². The quantitative estimate of drug-likeness (QED) is 0.634. The maximum atomic E-state index is 5.94. The Morgan fingerprint density at radius 1 is 0.810 bits per heavy atom. The van der Waals surface area contributed by atoms with Gasteiger partial charge in [0.05, 0.1) is 0 Å². The molecule has 106 valence electrons. The van der Waals surface area contributed by atoms with Gasteiger partial charge in [0.2, 0.25) is 0 Å². The Morgan fingerprint density at radius 3 is 2.05 bits per heavy atom. The molecule has 2 nitrogen and oxygen atoms in total. The van der Waals surface area contributed by atoms with Gasteiger partial charge in [-0.1, -0.05) is 45.0 Å². The number of aromatic nitrogens is 1. The van der Waals surface area contributed by atoms with Gasteiger partial charge in [-0.3, -0.25) is 4.98 Å². The van der Waals surface area contributed by atoms with Crippen molar-refractivity contribution >= 4 is 0 Å². The molecule has 0 aliphatic rings. The zero-order chi connectivity index (χ0) is 14.9. The number of benzene rings is 1. The van der Waals surface area contributed by atoms with Crippen LogP contribution in [0.1, 0.15) is 26.3 Å². The van der Waals surface area contributed by atoms with E-state index in [1.165, 1.54) is 5.56 Å². The largest absolute Gasteiger partial charge is 0.456 e. The molecule has 0 saturated heterocycles. The van der Waals surface area contributed by atoms with E-state index >= 15 is 0 Å². The Morgan fingerprint density at radius 2 is 1.48 bits per heavy atom. The van der Waals surface area contributed by atoms with Crippen molar-refractivity contribution in [1.82, 2.24) is 4.98 Å². The van der Waals surface area contributed by atoms with Crippen molar-refractivity contribution in [2.75, 3.05) is 0 Å². The molecule has 0 aliphatic carbocycles. The van der Waals surface area contributed by atoms with Crippen LogP contribution in [0.25, 0.3) is 22.6 Å². The molecule has 2 aromatic heterocycles. The zero-order valence-electron chi connectivity index (χ0n) is 12.6. The lowest BCUT2D eigenvalue weighted by Crippen LogP contribution is -2.10. The monoisotopic (exact) mass is 277 g/mol. The summed E-state index contributed by atoms with van der Waals surface area (Å²) >= 11 is 0. The fraction of sp³-hybridized carbons (Fsp3) is 0.211. The first-order valence-electron chi connectivity index (χ1n) is 7.15. The van der Waals surface area contributed by atoms with Gasteiger partial charge >= 0.3 is 0 Å². The molecule has 0 saturated carbocycles. The van der Waals surface area contributed by atoms with E-state index < -0.39 is 0 Å². The molecule has 0 amide bonds. The van der Waals surface area contributed by atoms with Crippen molar-refractivity contribution in [3.63, 3.8) is 0 Å². The van der Waals surface area contributed by atoms with Crippen LogP contribution in [0.4, 0.5) is 0 Å². The van der Waals surface area contributed by atoms with Crippen LogP contribution in [-0.4, -0.2) is 4.98 Å². The van der Waals surface area contributed by atoms with Gasteiger partial charge in [-0.15, -0.1) is 0 Å². The second-order valence-corrected chi connectivity index (χ2v) is 6.23. The van der Waals surface area contributed by atoms with Gasteiger partial charge in [0.1, 0.15) is 11.5 Å². The van der Waals surface area contributed by atoms with Crippen molar-refractivity contribution < 1.29 is 4.42 Å². The fourth-order valence-corrected chi connectivity index (χ4v) is 2.29. The average Bonchev–Trinajstić information content (AvgIpc) is 2.97. The first-order valence-corrected chi connectivity index (χ1v) is 7.15. The van der Waals surface area contributed by atoms with Crippen LogP contribution in [-0.2, 0) is 5.41 Å². The van der Waals surface area contributed by atoms with Gasteiger partial charge in [0.25, 0.3) is 0 Å². The SMILES string of the molecule is CC(C)(C)c1ccc(-c2ccc(-c3cccnc3)o2)cc1. The lowest BCUT2D eigenvalue weighted by molar-refractivity contribution is 0.588. The molecule has 2 heteroatoms. The van der Waals surface area contributed by atoms with Crippen LogP contribution in [0.15, 0.2) is 65.3 Å². The number of hydrogen-bond donors (Lipinski definition) is 0. The third-order valence-electron chi connectivity index (χ3n) is 3.59. The predicted octanol–water partition coefficient (Wildman–Crippen LogP) is 5.31. The van der Waals surface area contributed by atoms with E-state index in [0.29, 0.717) is 0 Å². The average molecular weight is 277 g/mol. The van der Waals surface area contributed by atoms with Crippen LogP contribution in [0.2, 0.25) is 0 Å². The zero-order valence-corrected chi connectivity index (χ0v) is 12.6. The lowest BCUT2D eigenvalue weighted by Gasteiger charge is -2.18. The Kier molecular flexibility index (Phi) is 3.38. The Bertz CT molecular complexity index is 718. The van der Waals surface area contributed by atoms with Gasteiger partial charge < -0.3 is 4.42 Å². The Labute approximate surface area is 125 Å². The predicted molar refractivity (Wildman–Crippen MR) is 86.1 cm³/mol. The number of rotatable bonds is 2. The Hall–Kier alpha value is -2.35. The van der Waals surface area contributed by atoms with E-state index in [-0.39, 0.29) is 5.41 Å². The van der Waals surface area contributed by atoms with E-state index in [0.717, 1.165) is 22.6 Å². The van der Waals surface area contributed by atoms with Crippen LogP contribution in [0.5, 0.6) is 0 Å². The molecule has 0 spiro atoms. The van der Waals surface area contributed by atoms with Crippen molar-refractivity contribution in [3.8, 4) is 22.6 Å². The van der Waals surface area contributed by atoms with E-state index in [9.17, 15) is 0 Å². The second kappa shape index (κ2) is 5.21. The highest BCUT2D eigenvalue weighted by Crippen LogP contribution is 2.30. The van der Waals surface area contributed by atoms with Crippen molar-refractivity contribution in [2.45, 2.75) is 26.2 Å². The van der Waals surface area contributed by atoms with Crippen LogP contribution >= 0.6 is 0 Å². The van der Waals surface area contributed by atoms with E-state index in [2.05, 4.69) is 50.0 Å². The third-order valence-corrected chi connectivity index (χ3v) is 3.59.